The summed E-state index contributed by atoms with van der Waals surface area (Å²) in [6, 6.07) is 4.84. The molecule has 0 spiro atoms. The number of likely N-dealkylation sites (tertiary alicyclic amines) is 1. The number of piperidine rings is 1. The highest BCUT2D eigenvalue weighted by atomic mass is 16.5. The number of hydrogen-bond donors (Lipinski definition) is 0. The van der Waals surface area contributed by atoms with Crippen molar-refractivity contribution in [2.75, 3.05) is 26.3 Å². The molecule has 5 heteroatoms. The van der Waals surface area contributed by atoms with Crippen LogP contribution in [-0.2, 0) is 4.74 Å². The number of fused-ring (bicyclic) bond motifs is 1. The highest BCUT2D eigenvalue weighted by Gasteiger charge is 2.30. The Balaban J connectivity index is 1.55. The molecule has 20 heavy (non-hydrogen) atoms. The SMILES string of the molecule is Cc1cc2nccc(C3CCN(C4COC4)CC3)n2n1. The van der Waals surface area contributed by atoms with Gasteiger partial charge in [0.25, 0.3) is 0 Å². The first kappa shape index (κ1) is 12.3. The molecule has 0 bridgehead atoms. The average Bonchev–Trinajstić information content (AvgIpc) is 2.77. The molecule has 5 nitrogen and oxygen atoms in total. The maximum absolute atomic E-state index is 5.30. The minimum Gasteiger partial charge on any atom is -0.378 e. The van der Waals surface area contributed by atoms with E-state index in [1.807, 2.05) is 23.7 Å². The van der Waals surface area contributed by atoms with Gasteiger partial charge in [-0.25, -0.2) is 9.50 Å². The van der Waals surface area contributed by atoms with Crippen LogP contribution in [0.25, 0.3) is 5.65 Å². The summed E-state index contributed by atoms with van der Waals surface area (Å²) in [6.45, 7) is 6.20. The van der Waals surface area contributed by atoms with E-state index in [-0.39, 0.29) is 0 Å². The van der Waals surface area contributed by atoms with E-state index in [9.17, 15) is 0 Å². The predicted molar refractivity (Wildman–Crippen MR) is 75.9 cm³/mol. The van der Waals surface area contributed by atoms with E-state index >= 15 is 0 Å². The molecule has 4 heterocycles. The number of hydrogen-bond acceptors (Lipinski definition) is 4. The minimum atomic E-state index is 0.594. The number of ether oxygens (including phenoxy) is 1. The normalized spacial score (nSPS) is 22.2. The van der Waals surface area contributed by atoms with Crippen LogP contribution < -0.4 is 0 Å². The van der Waals surface area contributed by atoms with Gasteiger partial charge in [0.2, 0.25) is 0 Å². The lowest BCUT2D eigenvalue weighted by atomic mass is 9.92. The van der Waals surface area contributed by atoms with Crippen LogP contribution in [0, 0.1) is 6.92 Å². The predicted octanol–water partition coefficient (Wildman–Crippen LogP) is 1.62. The molecule has 4 rings (SSSR count). The highest BCUT2D eigenvalue weighted by molar-refractivity contribution is 5.40. The molecule has 0 aliphatic carbocycles. The number of aromatic nitrogens is 3. The average molecular weight is 272 g/mol. The van der Waals surface area contributed by atoms with Gasteiger partial charge in [0.15, 0.2) is 5.65 Å². The summed E-state index contributed by atoms with van der Waals surface area (Å²) < 4.78 is 7.33. The van der Waals surface area contributed by atoms with Crippen molar-refractivity contribution in [2.24, 2.45) is 0 Å². The lowest BCUT2D eigenvalue weighted by Crippen LogP contribution is -2.51. The molecule has 0 N–H and O–H groups in total. The second-order valence-electron chi connectivity index (χ2n) is 5.93. The van der Waals surface area contributed by atoms with Gasteiger partial charge in [0.05, 0.1) is 24.9 Å². The number of aryl methyl sites for hydroxylation is 1. The smallest absolute Gasteiger partial charge is 0.155 e. The Hall–Kier alpha value is -1.46. The minimum absolute atomic E-state index is 0.594. The van der Waals surface area contributed by atoms with Gasteiger partial charge < -0.3 is 4.74 Å². The van der Waals surface area contributed by atoms with E-state index in [1.165, 1.54) is 31.6 Å². The van der Waals surface area contributed by atoms with Crippen LogP contribution in [-0.4, -0.2) is 51.8 Å². The highest BCUT2D eigenvalue weighted by Crippen LogP contribution is 2.29. The first-order valence-electron chi connectivity index (χ1n) is 7.44. The summed E-state index contributed by atoms with van der Waals surface area (Å²) in [5.41, 5.74) is 3.32. The lowest BCUT2D eigenvalue weighted by Gasteiger charge is -2.41. The Labute approximate surface area is 118 Å². The molecule has 0 amide bonds. The second kappa shape index (κ2) is 4.82. The number of rotatable bonds is 2. The van der Waals surface area contributed by atoms with Crippen LogP contribution in [0.5, 0.6) is 0 Å². The van der Waals surface area contributed by atoms with Crippen LogP contribution in [0.15, 0.2) is 18.3 Å². The zero-order valence-electron chi connectivity index (χ0n) is 11.8. The molecule has 0 aromatic carbocycles. The molecule has 0 atom stereocenters. The first-order valence-corrected chi connectivity index (χ1v) is 7.44. The van der Waals surface area contributed by atoms with Crippen molar-refractivity contribution in [2.45, 2.75) is 31.7 Å². The summed E-state index contributed by atoms with van der Waals surface area (Å²) in [6.07, 6.45) is 4.32. The molecule has 0 saturated carbocycles. The molecule has 0 unspecified atom stereocenters. The van der Waals surface area contributed by atoms with Crippen molar-refractivity contribution in [3.05, 3.63) is 29.7 Å². The van der Waals surface area contributed by atoms with E-state index in [2.05, 4.69) is 21.0 Å². The molecule has 0 radical (unpaired) electrons. The maximum atomic E-state index is 5.30. The topological polar surface area (TPSA) is 42.7 Å². The third-order valence-electron chi connectivity index (χ3n) is 4.59. The van der Waals surface area contributed by atoms with Crippen LogP contribution in [0.4, 0.5) is 0 Å². The third-order valence-corrected chi connectivity index (χ3v) is 4.59. The molecule has 2 aromatic rings. The van der Waals surface area contributed by atoms with Gasteiger partial charge in [0.1, 0.15) is 0 Å². The van der Waals surface area contributed by atoms with Crippen molar-refractivity contribution in [1.29, 1.82) is 0 Å². The largest absolute Gasteiger partial charge is 0.378 e. The van der Waals surface area contributed by atoms with Crippen LogP contribution >= 0.6 is 0 Å². The fourth-order valence-corrected chi connectivity index (χ4v) is 3.33. The van der Waals surface area contributed by atoms with Crippen LogP contribution in [0.1, 0.15) is 30.1 Å². The maximum Gasteiger partial charge on any atom is 0.155 e. The summed E-state index contributed by atoms with van der Waals surface area (Å²) in [4.78, 5) is 6.97. The molecule has 2 aliphatic rings. The quantitative estimate of drug-likeness (QED) is 0.833. The van der Waals surface area contributed by atoms with Gasteiger partial charge in [-0.3, -0.25) is 4.90 Å². The van der Waals surface area contributed by atoms with Crippen molar-refractivity contribution in [3.8, 4) is 0 Å². The molecule has 2 aromatic heterocycles. The summed E-state index contributed by atoms with van der Waals surface area (Å²) in [5, 5.41) is 4.59. The Bertz CT molecular complexity index is 611. The third kappa shape index (κ3) is 2.01. The van der Waals surface area contributed by atoms with E-state index < -0.39 is 0 Å². The summed E-state index contributed by atoms with van der Waals surface area (Å²) in [5.74, 6) is 0.594. The summed E-state index contributed by atoms with van der Waals surface area (Å²) >= 11 is 0. The van der Waals surface area contributed by atoms with Gasteiger partial charge in [-0.2, -0.15) is 5.10 Å². The van der Waals surface area contributed by atoms with E-state index in [0.29, 0.717) is 12.0 Å². The van der Waals surface area contributed by atoms with E-state index in [1.54, 1.807) is 0 Å². The molecule has 106 valence electrons. The molecule has 2 aliphatic heterocycles. The molecular weight excluding hydrogens is 252 g/mol. The molecule has 2 saturated heterocycles. The Morgan fingerprint density at radius 1 is 1.25 bits per heavy atom. The van der Waals surface area contributed by atoms with Crippen molar-refractivity contribution in [3.63, 3.8) is 0 Å². The molecular formula is C15H20N4O. The van der Waals surface area contributed by atoms with Crippen molar-refractivity contribution >= 4 is 5.65 Å². The standard InChI is InChI=1S/C15H20N4O/c1-11-8-15-16-5-2-14(19(15)17-11)12-3-6-18(7-4-12)13-9-20-10-13/h2,5,8,12-13H,3-4,6-7,9-10H2,1H3. The van der Waals surface area contributed by atoms with E-state index in [4.69, 9.17) is 4.74 Å². The van der Waals surface area contributed by atoms with Gasteiger partial charge in [-0.1, -0.05) is 0 Å². The first-order chi connectivity index (χ1) is 9.81. The van der Waals surface area contributed by atoms with Gasteiger partial charge in [-0.05, 0) is 38.9 Å². The Morgan fingerprint density at radius 2 is 2.05 bits per heavy atom. The monoisotopic (exact) mass is 272 g/mol. The summed E-state index contributed by atoms with van der Waals surface area (Å²) in [7, 11) is 0. The zero-order chi connectivity index (χ0) is 13.5. The van der Waals surface area contributed by atoms with Gasteiger partial charge >= 0.3 is 0 Å². The van der Waals surface area contributed by atoms with Crippen molar-refractivity contribution in [1.82, 2.24) is 19.5 Å². The van der Waals surface area contributed by atoms with Gasteiger partial charge in [0, 0.05) is 23.9 Å². The molecule has 2 fully saturated rings. The fraction of sp³-hybridized carbons (Fsp3) is 0.600. The number of nitrogens with zero attached hydrogens (tertiary/aromatic N) is 4. The van der Waals surface area contributed by atoms with E-state index in [0.717, 1.165) is 24.6 Å². The van der Waals surface area contributed by atoms with Crippen LogP contribution in [0.3, 0.4) is 0 Å². The van der Waals surface area contributed by atoms with Gasteiger partial charge in [-0.15, -0.1) is 0 Å². The Morgan fingerprint density at radius 3 is 2.75 bits per heavy atom. The second-order valence-corrected chi connectivity index (χ2v) is 5.93. The Kier molecular flexibility index (Phi) is 2.97. The fourth-order valence-electron chi connectivity index (χ4n) is 3.33. The lowest BCUT2D eigenvalue weighted by molar-refractivity contribution is -0.0714. The van der Waals surface area contributed by atoms with Crippen LogP contribution in [0.2, 0.25) is 0 Å². The zero-order valence-corrected chi connectivity index (χ0v) is 11.8. The van der Waals surface area contributed by atoms with Crippen molar-refractivity contribution < 1.29 is 4.74 Å².